The van der Waals surface area contributed by atoms with Gasteiger partial charge in [-0.3, -0.25) is 9.69 Å². The van der Waals surface area contributed by atoms with Crippen molar-refractivity contribution in [1.29, 1.82) is 0 Å². The molecule has 7 heteroatoms. The second-order valence-corrected chi connectivity index (χ2v) is 8.15. The number of halogens is 1. The summed E-state index contributed by atoms with van der Waals surface area (Å²) in [6.07, 6.45) is 5.19. The molecule has 4 heterocycles. The number of benzene rings is 1. The molecule has 0 radical (unpaired) electrons. The van der Waals surface area contributed by atoms with Gasteiger partial charge in [0.2, 0.25) is 0 Å². The Balaban J connectivity index is 1.43. The van der Waals surface area contributed by atoms with Crippen LogP contribution in [0.5, 0.6) is 0 Å². The Morgan fingerprint density at radius 3 is 2.62 bits per heavy atom. The molecule has 2 aromatic heterocycles. The van der Waals surface area contributed by atoms with E-state index in [0.29, 0.717) is 22.5 Å². The van der Waals surface area contributed by atoms with E-state index in [-0.39, 0.29) is 5.91 Å². The molecule has 3 aromatic rings. The average Bonchev–Trinajstić information content (AvgIpc) is 3.54. The SMILES string of the molecule is O=C(c1cc(-c2ccco2)n(-c2ccc(Cl)cc2)n1)N1CCC(N2CCCC2)C1. The van der Waals surface area contributed by atoms with E-state index in [1.54, 1.807) is 10.9 Å². The molecule has 2 aliphatic rings. The first kappa shape index (κ1) is 18.5. The molecular formula is C22H23ClN4O2. The van der Waals surface area contributed by atoms with E-state index in [9.17, 15) is 4.79 Å². The number of amides is 1. The molecule has 1 amide bonds. The minimum absolute atomic E-state index is 0.0211. The maximum atomic E-state index is 13.2. The Bertz CT molecular complexity index is 991. The number of aromatic nitrogens is 2. The first-order chi connectivity index (χ1) is 14.2. The number of hydrogen-bond donors (Lipinski definition) is 0. The van der Waals surface area contributed by atoms with Gasteiger partial charge < -0.3 is 9.32 Å². The van der Waals surface area contributed by atoms with Crippen LogP contribution in [0.3, 0.4) is 0 Å². The van der Waals surface area contributed by atoms with Crippen LogP contribution in [0.1, 0.15) is 29.8 Å². The largest absolute Gasteiger partial charge is 0.463 e. The van der Waals surface area contributed by atoms with Gasteiger partial charge in [0.15, 0.2) is 11.5 Å². The summed E-state index contributed by atoms with van der Waals surface area (Å²) in [6, 6.07) is 13.4. The van der Waals surface area contributed by atoms with Crippen LogP contribution in [0.25, 0.3) is 17.1 Å². The Hall–Kier alpha value is -2.57. The molecule has 29 heavy (non-hydrogen) atoms. The molecule has 0 N–H and O–H groups in total. The van der Waals surface area contributed by atoms with Crippen molar-refractivity contribution < 1.29 is 9.21 Å². The van der Waals surface area contributed by atoms with Crippen molar-refractivity contribution in [2.45, 2.75) is 25.3 Å². The smallest absolute Gasteiger partial charge is 0.274 e. The van der Waals surface area contributed by atoms with E-state index >= 15 is 0 Å². The second kappa shape index (κ2) is 7.69. The zero-order valence-corrected chi connectivity index (χ0v) is 16.9. The molecule has 2 fully saturated rings. The van der Waals surface area contributed by atoms with E-state index < -0.39 is 0 Å². The first-order valence-electron chi connectivity index (χ1n) is 10.1. The number of likely N-dealkylation sites (tertiary alicyclic amines) is 2. The van der Waals surface area contributed by atoms with Crippen molar-refractivity contribution in [2.75, 3.05) is 26.2 Å². The third kappa shape index (κ3) is 3.58. The van der Waals surface area contributed by atoms with E-state index in [2.05, 4.69) is 10.00 Å². The second-order valence-electron chi connectivity index (χ2n) is 7.72. The van der Waals surface area contributed by atoms with Gasteiger partial charge in [0, 0.05) is 30.2 Å². The minimum atomic E-state index is -0.0211. The van der Waals surface area contributed by atoms with Gasteiger partial charge in [-0.2, -0.15) is 5.10 Å². The van der Waals surface area contributed by atoms with Gasteiger partial charge in [0.1, 0.15) is 5.69 Å². The number of nitrogens with zero attached hydrogens (tertiary/aromatic N) is 4. The van der Waals surface area contributed by atoms with Crippen LogP contribution in [0.2, 0.25) is 5.02 Å². The molecule has 0 spiro atoms. The van der Waals surface area contributed by atoms with Crippen LogP contribution in [-0.4, -0.2) is 57.7 Å². The lowest BCUT2D eigenvalue weighted by Gasteiger charge is -2.23. The predicted octanol–water partition coefficient (Wildman–Crippen LogP) is 4.10. The Morgan fingerprint density at radius 1 is 1.10 bits per heavy atom. The molecule has 150 valence electrons. The first-order valence-corrected chi connectivity index (χ1v) is 10.5. The molecule has 0 bridgehead atoms. The number of furan rings is 1. The van der Waals surface area contributed by atoms with Crippen LogP contribution in [0.4, 0.5) is 0 Å². The summed E-state index contributed by atoms with van der Waals surface area (Å²) < 4.78 is 7.34. The van der Waals surface area contributed by atoms with Crippen LogP contribution < -0.4 is 0 Å². The van der Waals surface area contributed by atoms with Crippen LogP contribution in [0, 0.1) is 0 Å². The van der Waals surface area contributed by atoms with Gasteiger partial charge in [-0.05, 0) is 68.8 Å². The maximum absolute atomic E-state index is 13.2. The zero-order valence-electron chi connectivity index (χ0n) is 16.1. The van der Waals surface area contributed by atoms with Gasteiger partial charge in [-0.25, -0.2) is 4.68 Å². The molecular weight excluding hydrogens is 388 g/mol. The zero-order chi connectivity index (χ0) is 19.8. The summed E-state index contributed by atoms with van der Waals surface area (Å²) in [4.78, 5) is 17.7. The van der Waals surface area contributed by atoms with Gasteiger partial charge in [-0.1, -0.05) is 11.6 Å². The molecule has 0 saturated carbocycles. The highest BCUT2D eigenvalue weighted by Crippen LogP contribution is 2.27. The van der Waals surface area contributed by atoms with Crippen LogP contribution in [0.15, 0.2) is 53.1 Å². The molecule has 2 saturated heterocycles. The maximum Gasteiger partial charge on any atom is 0.274 e. The lowest BCUT2D eigenvalue weighted by molar-refractivity contribution is 0.0774. The minimum Gasteiger partial charge on any atom is -0.463 e. The van der Waals surface area contributed by atoms with Crippen molar-refractivity contribution in [3.05, 3.63) is 59.4 Å². The molecule has 5 rings (SSSR count). The summed E-state index contributed by atoms with van der Waals surface area (Å²) >= 11 is 6.03. The summed E-state index contributed by atoms with van der Waals surface area (Å²) in [6.45, 7) is 3.87. The summed E-state index contributed by atoms with van der Waals surface area (Å²) in [7, 11) is 0. The quantitative estimate of drug-likeness (QED) is 0.649. The van der Waals surface area contributed by atoms with E-state index in [1.165, 1.54) is 12.8 Å². The van der Waals surface area contributed by atoms with Crippen molar-refractivity contribution in [3.63, 3.8) is 0 Å². The van der Waals surface area contributed by atoms with E-state index in [1.807, 2.05) is 47.4 Å². The molecule has 1 aromatic carbocycles. The fourth-order valence-electron chi connectivity index (χ4n) is 4.36. The molecule has 0 aliphatic carbocycles. The van der Waals surface area contributed by atoms with Gasteiger partial charge in [0.05, 0.1) is 12.0 Å². The van der Waals surface area contributed by atoms with E-state index in [4.69, 9.17) is 16.0 Å². The topological polar surface area (TPSA) is 54.5 Å². The Labute approximate surface area is 174 Å². The molecule has 1 atom stereocenters. The third-order valence-electron chi connectivity index (χ3n) is 5.88. The standard InChI is InChI=1S/C22H23ClN4O2/c23-16-5-7-17(8-6-16)27-20(21-4-3-13-29-21)14-19(24-27)22(28)26-12-9-18(15-26)25-10-1-2-11-25/h3-8,13-14,18H,1-2,9-12,15H2. The van der Waals surface area contributed by atoms with Gasteiger partial charge in [0.25, 0.3) is 5.91 Å². The highest BCUT2D eigenvalue weighted by atomic mass is 35.5. The van der Waals surface area contributed by atoms with Crippen molar-refractivity contribution >= 4 is 17.5 Å². The fraction of sp³-hybridized carbons (Fsp3) is 0.364. The highest BCUT2D eigenvalue weighted by Gasteiger charge is 2.33. The van der Waals surface area contributed by atoms with Crippen molar-refractivity contribution in [2.24, 2.45) is 0 Å². The Kier molecular flexibility index (Phi) is 4.89. The van der Waals surface area contributed by atoms with Crippen LogP contribution >= 0.6 is 11.6 Å². The van der Waals surface area contributed by atoms with Gasteiger partial charge >= 0.3 is 0 Å². The number of carbonyl (C=O) groups excluding carboxylic acids is 1. The lowest BCUT2D eigenvalue weighted by Crippen LogP contribution is -2.37. The fourth-order valence-corrected chi connectivity index (χ4v) is 4.48. The van der Waals surface area contributed by atoms with Crippen molar-refractivity contribution in [3.8, 4) is 17.1 Å². The average molecular weight is 411 g/mol. The Morgan fingerprint density at radius 2 is 1.90 bits per heavy atom. The number of hydrogen-bond acceptors (Lipinski definition) is 4. The van der Waals surface area contributed by atoms with Gasteiger partial charge in [-0.15, -0.1) is 0 Å². The molecule has 6 nitrogen and oxygen atoms in total. The van der Waals surface area contributed by atoms with Crippen molar-refractivity contribution in [1.82, 2.24) is 19.6 Å². The van der Waals surface area contributed by atoms with Crippen LogP contribution in [-0.2, 0) is 0 Å². The molecule has 1 unspecified atom stereocenters. The predicted molar refractivity (Wildman–Crippen MR) is 111 cm³/mol. The molecule has 2 aliphatic heterocycles. The monoisotopic (exact) mass is 410 g/mol. The lowest BCUT2D eigenvalue weighted by atomic mass is 10.2. The summed E-state index contributed by atoms with van der Waals surface area (Å²) in [5.74, 6) is 0.648. The highest BCUT2D eigenvalue weighted by molar-refractivity contribution is 6.30. The summed E-state index contributed by atoms with van der Waals surface area (Å²) in [5.41, 5.74) is 2.01. The normalized spacial score (nSPS) is 19.9. The summed E-state index contributed by atoms with van der Waals surface area (Å²) in [5, 5.41) is 5.30. The van der Waals surface area contributed by atoms with E-state index in [0.717, 1.165) is 44.0 Å². The number of carbonyl (C=O) groups is 1. The number of rotatable bonds is 4. The third-order valence-corrected chi connectivity index (χ3v) is 6.13.